The van der Waals surface area contributed by atoms with Gasteiger partial charge in [0.1, 0.15) is 0 Å². The molecule has 1 saturated carbocycles. The van der Waals surface area contributed by atoms with E-state index in [1.807, 2.05) is 0 Å². The number of nitrogens with two attached hydrogens (primary N) is 1. The standard InChI is InChI=1S/C8H17NO2/c9-5-7(10)6-11-8-3-1-2-4-8/h7-8,10H,1-6,9H2/t7-/m1/s1. The molecule has 0 aromatic rings. The zero-order valence-corrected chi connectivity index (χ0v) is 6.83. The molecule has 0 bridgehead atoms. The fourth-order valence-electron chi connectivity index (χ4n) is 1.37. The highest BCUT2D eigenvalue weighted by Crippen LogP contribution is 2.20. The first-order valence-electron chi connectivity index (χ1n) is 4.32. The summed E-state index contributed by atoms with van der Waals surface area (Å²) in [5.41, 5.74) is 5.23. The minimum atomic E-state index is -0.476. The van der Waals surface area contributed by atoms with Crippen LogP contribution in [0.1, 0.15) is 25.7 Å². The summed E-state index contributed by atoms with van der Waals surface area (Å²) < 4.78 is 5.43. The highest BCUT2D eigenvalue weighted by atomic mass is 16.5. The third-order valence-corrected chi connectivity index (χ3v) is 2.10. The van der Waals surface area contributed by atoms with Gasteiger partial charge in [0.15, 0.2) is 0 Å². The van der Waals surface area contributed by atoms with Gasteiger partial charge in [-0.3, -0.25) is 0 Å². The van der Waals surface area contributed by atoms with Gasteiger partial charge in [0.05, 0.1) is 18.8 Å². The second kappa shape index (κ2) is 4.70. The smallest absolute Gasteiger partial charge is 0.0895 e. The normalized spacial score (nSPS) is 22.4. The monoisotopic (exact) mass is 159 g/mol. The molecular weight excluding hydrogens is 142 g/mol. The van der Waals surface area contributed by atoms with Gasteiger partial charge in [-0.1, -0.05) is 12.8 Å². The Kier molecular flexibility index (Phi) is 3.83. The second-order valence-corrected chi connectivity index (χ2v) is 3.13. The molecule has 66 valence electrons. The molecule has 11 heavy (non-hydrogen) atoms. The topological polar surface area (TPSA) is 55.5 Å². The lowest BCUT2D eigenvalue weighted by atomic mass is 10.3. The lowest BCUT2D eigenvalue weighted by Crippen LogP contribution is -2.27. The number of rotatable bonds is 4. The van der Waals surface area contributed by atoms with Crippen LogP contribution in [0.5, 0.6) is 0 Å². The number of hydrogen-bond donors (Lipinski definition) is 2. The predicted molar refractivity (Wildman–Crippen MR) is 43.3 cm³/mol. The molecule has 3 heteroatoms. The first-order valence-corrected chi connectivity index (χ1v) is 4.32. The van der Waals surface area contributed by atoms with Gasteiger partial charge in [0.2, 0.25) is 0 Å². The van der Waals surface area contributed by atoms with E-state index in [1.165, 1.54) is 12.8 Å². The number of aliphatic hydroxyl groups is 1. The van der Waals surface area contributed by atoms with Crippen molar-refractivity contribution in [1.82, 2.24) is 0 Å². The van der Waals surface area contributed by atoms with E-state index in [9.17, 15) is 0 Å². The quantitative estimate of drug-likeness (QED) is 0.619. The molecule has 1 aliphatic rings. The average molecular weight is 159 g/mol. The summed E-state index contributed by atoms with van der Waals surface area (Å²) in [5, 5.41) is 9.07. The van der Waals surface area contributed by atoms with E-state index in [0.29, 0.717) is 19.3 Å². The molecular formula is C8H17NO2. The fourth-order valence-corrected chi connectivity index (χ4v) is 1.37. The van der Waals surface area contributed by atoms with Crippen molar-refractivity contribution in [2.45, 2.75) is 37.9 Å². The third-order valence-electron chi connectivity index (χ3n) is 2.10. The molecule has 0 radical (unpaired) electrons. The van der Waals surface area contributed by atoms with Crippen molar-refractivity contribution in [3.8, 4) is 0 Å². The lowest BCUT2D eigenvalue weighted by molar-refractivity contribution is -0.00256. The molecule has 1 aliphatic carbocycles. The Morgan fingerprint density at radius 3 is 2.64 bits per heavy atom. The van der Waals surface area contributed by atoms with E-state index in [0.717, 1.165) is 12.8 Å². The summed E-state index contributed by atoms with van der Waals surface area (Å²) >= 11 is 0. The van der Waals surface area contributed by atoms with Crippen LogP contribution in [0.25, 0.3) is 0 Å². The summed E-state index contributed by atoms with van der Waals surface area (Å²) in [6.07, 6.45) is 4.74. The van der Waals surface area contributed by atoms with Gasteiger partial charge in [-0.2, -0.15) is 0 Å². The molecule has 0 aliphatic heterocycles. The van der Waals surface area contributed by atoms with Crippen molar-refractivity contribution in [2.24, 2.45) is 5.73 Å². The van der Waals surface area contributed by atoms with Crippen molar-refractivity contribution in [3.05, 3.63) is 0 Å². The maximum Gasteiger partial charge on any atom is 0.0895 e. The predicted octanol–water partition coefficient (Wildman–Crippen LogP) is 0.265. The molecule has 0 unspecified atom stereocenters. The molecule has 3 N–H and O–H groups in total. The molecule has 0 aromatic heterocycles. The summed E-state index contributed by atoms with van der Waals surface area (Å²) in [6, 6.07) is 0. The second-order valence-electron chi connectivity index (χ2n) is 3.13. The molecule has 0 amide bonds. The van der Waals surface area contributed by atoms with Crippen molar-refractivity contribution in [3.63, 3.8) is 0 Å². The molecule has 3 nitrogen and oxygen atoms in total. The molecule has 0 spiro atoms. The largest absolute Gasteiger partial charge is 0.389 e. The summed E-state index contributed by atoms with van der Waals surface area (Å²) in [4.78, 5) is 0. The van der Waals surface area contributed by atoms with Crippen LogP contribution in [-0.2, 0) is 4.74 Å². The van der Waals surface area contributed by atoms with Gasteiger partial charge >= 0.3 is 0 Å². The summed E-state index contributed by atoms with van der Waals surface area (Å²) in [7, 11) is 0. The van der Waals surface area contributed by atoms with Gasteiger partial charge in [0, 0.05) is 6.54 Å². The van der Waals surface area contributed by atoms with Crippen LogP contribution in [0.4, 0.5) is 0 Å². The van der Waals surface area contributed by atoms with Crippen molar-refractivity contribution < 1.29 is 9.84 Å². The maximum atomic E-state index is 9.07. The van der Waals surface area contributed by atoms with Crippen LogP contribution < -0.4 is 5.73 Å². The zero-order chi connectivity index (χ0) is 8.10. The van der Waals surface area contributed by atoms with Crippen molar-refractivity contribution in [1.29, 1.82) is 0 Å². The molecule has 0 heterocycles. The fraction of sp³-hybridized carbons (Fsp3) is 1.00. The van der Waals surface area contributed by atoms with Crippen LogP contribution in [0.15, 0.2) is 0 Å². The Morgan fingerprint density at radius 2 is 2.09 bits per heavy atom. The highest BCUT2D eigenvalue weighted by molar-refractivity contribution is 4.67. The van der Waals surface area contributed by atoms with Crippen LogP contribution in [0, 0.1) is 0 Å². The summed E-state index contributed by atoms with van der Waals surface area (Å²) in [6.45, 7) is 0.702. The number of hydrogen-bond acceptors (Lipinski definition) is 3. The van der Waals surface area contributed by atoms with Gasteiger partial charge in [-0.05, 0) is 12.8 Å². The highest BCUT2D eigenvalue weighted by Gasteiger charge is 2.16. The van der Waals surface area contributed by atoms with Crippen LogP contribution in [0.2, 0.25) is 0 Å². The molecule has 0 saturated heterocycles. The molecule has 1 atom stereocenters. The van der Waals surface area contributed by atoms with E-state index < -0.39 is 6.10 Å². The molecule has 1 fully saturated rings. The number of aliphatic hydroxyl groups excluding tert-OH is 1. The first-order chi connectivity index (χ1) is 5.33. The van der Waals surface area contributed by atoms with Gasteiger partial charge < -0.3 is 15.6 Å². The van der Waals surface area contributed by atoms with E-state index in [-0.39, 0.29) is 0 Å². The van der Waals surface area contributed by atoms with Crippen molar-refractivity contribution >= 4 is 0 Å². The minimum absolute atomic E-state index is 0.298. The van der Waals surface area contributed by atoms with Crippen LogP contribution in [-0.4, -0.2) is 30.5 Å². The lowest BCUT2D eigenvalue weighted by Gasteiger charge is -2.13. The Balaban J connectivity index is 2.01. The Hall–Kier alpha value is -0.120. The Labute approximate surface area is 67.5 Å². The van der Waals surface area contributed by atoms with Gasteiger partial charge in [0.25, 0.3) is 0 Å². The molecule has 1 rings (SSSR count). The van der Waals surface area contributed by atoms with Gasteiger partial charge in [-0.15, -0.1) is 0 Å². The minimum Gasteiger partial charge on any atom is -0.389 e. The van der Waals surface area contributed by atoms with Crippen LogP contribution in [0.3, 0.4) is 0 Å². The van der Waals surface area contributed by atoms with E-state index >= 15 is 0 Å². The summed E-state index contributed by atoms with van der Waals surface area (Å²) in [5.74, 6) is 0. The van der Waals surface area contributed by atoms with Crippen molar-refractivity contribution in [2.75, 3.05) is 13.2 Å². The average Bonchev–Trinajstić information content (AvgIpc) is 2.52. The Morgan fingerprint density at radius 1 is 1.45 bits per heavy atom. The zero-order valence-electron chi connectivity index (χ0n) is 6.83. The van der Waals surface area contributed by atoms with E-state index in [4.69, 9.17) is 15.6 Å². The first kappa shape index (κ1) is 8.97. The maximum absolute atomic E-state index is 9.07. The van der Waals surface area contributed by atoms with Gasteiger partial charge in [-0.25, -0.2) is 0 Å². The Bertz CT molecular complexity index is 102. The van der Waals surface area contributed by atoms with Crippen LogP contribution >= 0.6 is 0 Å². The molecule has 0 aromatic carbocycles. The third kappa shape index (κ3) is 3.18. The van der Waals surface area contributed by atoms with E-state index in [2.05, 4.69) is 0 Å². The SMILES string of the molecule is NC[C@@H](O)COC1CCCC1. The van der Waals surface area contributed by atoms with E-state index in [1.54, 1.807) is 0 Å². The number of ether oxygens (including phenoxy) is 1.